The number of amides is 1. The average Bonchev–Trinajstić information content (AvgIpc) is 2.58. The molecule has 2 aromatic carbocycles. The standard InChI is InChI=1S/C19H23NO2S/c1-16-9-11-17(12-10-16)22-14-5-8-19(21)20-13-15-23-18-6-3-2-4-7-18/h2-4,6-7,9-12H,5,8,13-15H2,1H3,(H,20,21). The molecule has 0 saturated carbocycles. The molecule has 0 unspecified atom stereocenters. The van der Waals surface area contributed by atoms with Crippen LogP contribution < -0.4 is 10.1 Å². The predicted molar refractivity (Wildman–Crippen MR) is 96.1 cm³/mol. The third-order valence-electron chi connectivity index (χ3n) is 3.27. The molecular formula is C19H23NO2S. The summed E-state index contributed by atoms with van der Waals surface area (Å²) in [5.74, 6) is 1.83. The molecule has 0 heterocycles. The molecule has 0 aromatic heterocycles. The SMILES string of the molecule is Cc1ccc(OCCCC(=O)NCCSc2ccccc2)cc1. The fourth-order valence-electron chi connectivity index (χ4n) is 2.02. The fraction of sp³-hybridized carbons (Fsp3) is 0.316. The van der Waals surface area contributed by atoms with Crippen molar-refractivity contribution in [2.75, 3.05) is 18.9 Å². The Morgan fingerprint density at radius 2 is 1.83 bits per heavy atom. The Morgan fingerprint density at radius 3 is 2.57 bits per heavy atom. The lowest BCUT2D eigenvalue weighted by atomic mass is 10.2. The molecule has 0 aliphatic rings. The third kappa shape index (κ3) is 7.24. The molecule has 3 nitrogen and oxygen atoms in total. The van der Waals surface area contributed by atoms with E-state index in [0.29, 0.717) is 19.6 Å². The van der Waals surface area contributed by atoms with Crippen LogP contribution in [0.1, 0.15) is 18.4 Å². The second kappa shape index (κ2) is 9.95. The number of ether oxygens (including phenoxy) is 1. The van der Waals surface area contributed by atoms with Crippen molar-refractivity contribution in [3.63, 3.8) is 0 Å². The number of benzene rings is 2. The number of rotatable bonds is 9. The summed E-state index contributed by atoms with van der Waals surface area (Å²) in [6.45, 7) is 3.30. The molecule has 1 amide bonds. The molecular weight excluding hydrogens is 306 g/mol. The lowest BCUT2D eigenvalue weighted by molar-refractivity contribution is -0.121. The molecule has 0 bridgehead atoms. The van der Waals surface area contributed by atoms with Gasteiger partial charge in [-0.2, -0.15) is 0 Å². The van der Waals surface area contributed by atoms with Crippen molar-refractivity contribution in [2.24, 2.45) is 0 Å². The first-order valence-corrected chi connectivity index (χ1v) is 8.86. The normalized spacial score (nSPS) is 10.3. The average molecular weight is 329 g/mol. The van der Waals surface area contributed by atoms with Crippen LogP contribution in [0.2, 0.25) is 0 Å². The summed E-state index contributed by atoms with van der Waals surface area (Å²) in [6, 6.07) is 18.2. The Kier molecular flexibility index (Phi) is 7.54. The molecule has 0 spiro atoms. The minimum Gasteiger partial charge on any atom is -0.494 e. The predicted octanol–water partition coefficient (Wildman–Crippen LogP) is 4.06. The molecule has 0 aliphatic heterocycles. The summed E-state index contributed by atoms with van der Waals surface area (Å²) >= 11 is 1.75. The third-order valence-corrected chi connectivity index (χ3v) is 4.29. The summed E-state index contributed by atoms with van der Waals surface area (Å²) in [5, 5.41) is 2.94. The second-order valence-electron chi connectivity index (χ2n) is 5.28. The molecule has 0 saturated heterocycles. The van der Waals surface area contributed by atoms with E-state index in [9.17, 15) is 4.79 Å². The van der Waals surface area contributed by atoms with E-state index in [1.807, 2.05) is 49.4 Å². The number of carbonyl (C=O) groups is 1. The Labute approximate surface area is 142 Å². The van der Waals surface area contributed by atoms with Crippen molar-refractivity contribution in [2.45, 2.75) is 24.7 Å². The van der Waals surface area contributed by atoms with Gasteiger partial charge in [-0.1, -0.05) is 35.9 Å². The van der Waals surface area contributed by atoms with Crippen molar-refractivity contribution in [3.05, 3.63) is 60.2 Å². The zero-order chi connectivity index (χ0) is 16.3. The summed E-state index contributed by atoms with van der Waals surface area (Å²) in [6.07, 6.45) is 1.23. The number of hydrogen-bond donors (Lipinski definition) is 1. The van der Waals surface area contributed by atoms with Crippen LogP contribution in [0, 0.1) is 6.92 Å². The van der Waals surface area contributed by atoms with Gasteiger partial charge in [-0.05, 0) is 37.6 Å². The van der Waals surface area contributed by atoms with Crippen LogP contribution in [0.3, 0.4) is 0 Å². The molecule has 0 radical (unpaired) electrons. The molecule has 0 atom stereocenters. The minimum atomic E-state index is 0.0890. The van der Waals surface area contributed by atoms with Crippen molar-refractivity contribution in [3.8, 4) is 5.75 Å². The smallest absolute Gasteiger partial charge is 0.220 e. The van der Waals surface area contributed by atoms with Gasteiger partial charge in [-0.25, -0.2) is 0 Å². The van der Waals surface area contributed by atoms with Crippen LogP contribution in [0.5, 0.6) is 5.75 Å². The minimum absolute atomic E-state index is 0.0890. The summed E-state index contributed by atoms with van der Waals surface area (Å²) in [4.78, 5) is 13.0. The molecule has 1 N–H and O–H groups in total. The first-order valence-electron chi connectivity index (χ1n) is 7.88. The Bertz CT molecular complexity index is 584. The maximum absolute atomic E-state index is 11.7. The van der Waals surface area contributed by atoms with E-state index in [4.69, 9.17) is 4.74 Å². The zero-order valence-corrected chi connectivity index (χ0v) is 14.3. The Hall–Kier alpha value is -1.94. The largest absolute Gasteiger partial charge is 0.494 e. The van der Waals surface area contributed by atoms with Gasteiger partial charge in [0.2, 0.25) is 5.91 Å². The van der Waals surface area contributed by atoms with E-state index < -0.39 is 0 Å². The van der Waals surface area contributed by atoms with Crippen LogP contribution in [0.15, 0.2) is 59.5 Å². The number of thioether (sulfide) groups is 1. The fourth-order valence-corrected chi connectivity index (χ4v) is 2.81. The summed E-state index contributed by atoms with van der Waals surface area (Å²) in [5.41, 5.74) is 1.21. The number of carbonyl (C=O) groups excluding carboxylic acids is 1. The quantitative estimate of drug-likeness (QED) is 0.557. The highest BCUT2D eigenvalue weighted by atomic mass is 32.2. The van der Waals surface area contributed by atoms with Crippen LogP contribution in [0.25, 0.3) is 0 Å². The highest BCUT2D eigenvalue weighted by molar-refractivity contribution is 7.99. The maximum atomic E-state index is 11.7. The molecule has 2 rings (SSSR count). The molecule has 122 valence electrons. The molecule has 2 aromatic rings. The van der Waals surface area contributed by atoms with E-state index in [2.05, 4.69) is 17.4 Å². The highest BCUT2D eigenvalue weighted by Gasteiger charge is 2.01. The van der Waals surface area contributed by atoms with Gasteiger partial charge in [0.1, 0.15) is 5.75 Å². The number of aryl methyl sites for hydroxylation is 1. The van der Waals surface area contributed by atoms with Gasteiger partial charge < -0.3 is 10.1 Å². The van der Waals surface area contributed by atoms with Gasteiger partial charge in [-0.15, -0.1) is 11.8 Å². The first kappa shape index (κ1) is 17.4. The summed E-state index contributed by atoms with van der Waals surface area (Å²) < 4.78 is 5.61. The van der Waals surface area contributed by atoms with E-state index in [1.54, 1.807) is 11.8 Å². The van der Waals surface area contributed by atoms with Gasteiger partial charge in [0.15, 0.2) is 0 Å². The Balaban J connectivity index is 1.51. The van der Waals surface area contributed by atoms with Gasteiger partial charge in [0.05, 0.1) is 6.61 Å². The van der Waals surface area contributed by atoms with E-state index in [-0.39, 0.29) is 5.91 Å². The van der Waals surface area contributed by atoms with Gasteiger partial charge >= 0.3 is 0 Å². The highest BCUT2D eigenvalue weighted by Crippen LogP contribution is 2.15. The van der Waals surface area contributed by atoms with Gasteiger partial charge in [0.25, 0.3) is 0 Å². The van der Waals surface area contributed by atoms with Crippen LogP contribution in [0.4, 0.5) is 0 Å². The van der Waals surface area contributed by atoms with E-state index in [0.717, 1.165) is 17.9 Å². The topological polar surface area (TPSA) is 38.3 Å². The van der Waals surface area contributed by atoms with Crippen LogP contribution in [-0.2, 0) is 4.79 Å². The van der Waals surface area contributed by atoms with E-state index >= 15 is 0 Å². The van der Waals surface area contributed by atoms with Gasteiger partial charge in [0, 0.05) is 23.6 Å². The second-order valence-corrected chi connectivity index (χ2v) is 6.44. The van der Waals surface area contributed by atoms with Crippen LogP contribution >= 0.6 is 11.8 Å². The lowest BCUT2D eigenvalue weighted by Gasteiger charge is -2.07. The molecule has 0 aliphatic carbocycles. The van der Waals surface area contributed by atoms with Crippen LogP contribution in [-0.4, -0.2) is 24.8 Å². The maximum Gasteiger partial charge on any atom is 0.220 e. The van der Waals surface area contributed by atoms with Crippen molar-refractivity contribution < 1.29 is 9.53 Å². The monoisotopic (exact) mass is 329 g/mol. The zero-order valence-electron chi connectivity index (χ0n) is 13.5. The first-order chi connectivity index (χ1) is 11.2. The van der Waals surface area contributed by atoms with E-state index in [1.165, 1.54) is 10.5 Å². The number of nitrogens with one attached hydrogen (secondary N) is 1. The Morgan fingerprint density at radius 1 is 1.09 bits per heavy atom. The lowest BCUT2D eigenvalue weighted by Crippen LogP contribution is -2.25. The van der Waals surface area contributed by atoms with Crippen molar-refractivity contribution >= 4 is 17.7 Å². The van der Waals surface area contributed by atoms with Crippen molar-refractivity contribution in [1.29, 1.82) is 0 Å². The van der Waals surface area contributed by atoms with Gasteiger partial charge in [-0.3, -0.25) is 4.79 Å². The molecule has 0 fully saturated rings. The van der Waals surface area contributed by atoms with Crippen molar-refractivity contribution in [1.82, 2.24) is 5.32 Å². The summed E-state index contributed by atoms with van der Waals surface area (Å²) in [7, 11) is 0. The molecule has 23 heavy (non-hydrogen) atoms. The number of hydrogen-bond acceptors (Lipinski definition) is 3. The molecule has 4 heteroatoms.